The first-order valence-electron chi connectivity index (χ1n) is 13.7. The summed E-state index contributed by atoms with van der Waals surface area (Å²) in [6.07, 6.45) is 3.69. The first kappa shape index (κ1) is 28.8. The Morgan fingerprint density at radius 1 is 0.881 bits per heavy atom. The molecule has 0 aromatic heterocycles. The quantitative estimate of drug-likeness (QED) is 0.206. The van der Waals surface area contributed by atoms with Crippen molar-refractivity contribution in [2.24, 2.45) is 4.99 Å². The van der Waals surface area contributed by atoms with Crippen LogP contribution >= 0.6 is 11.8 Å². The van der Waals surface area contributed by atoms with Crippen molar-refractivity contribution >= 4 is 51.9 Å². The molecule has 0 aliphatic carbocycles. The van der Waals surface area contributed by atoms with Gasteiger partial charge in [-0.05, 0) is 108 Å². The number of anilines is 2. The second-order valence-corrected chi connectivity index (χ2v) is 10.6. The summed E-state index contributed by atoms with van der Waals surface area (Å²) in [6, 6.07) is 28.7. The lowest BCUT2D eigenvalue weighted by molar-refractivity contribution is -0.118. The summed E-state index contributed by atoms with van der Waals surface area (Å²) < 4.78 is 18.7. The van der Waals surface area contributed by atoms with Crippen molar-refractivity contribution in [2.45, 2.75) is 26.7 Å². The molecule has 0 bridgehead atoms. The minimum atomic E-state index is -0.374. The number of halogens is 1. The molecule has 0 radical (unpaired) electrons. The minimum absolute atomic E-state index is 0.147. The van der Waals surface area contributed by atoms with Gasteiger partial charge in [-0.25, -0.2) is 9.38 Å². The average Bonchev–Trinajstić information content (AvgIpc) is 3.32. The number of nitrogens with zero attached hydrogens (tertiary/aromatic N) is 2. The third-order valence-electron chi connectivity index (χ3n) is 6.65. The van der Waals surface area contributed by atoms with E-state index in [0.29, 0.717) is 21.5 Å². The number of thioether (sulfide) groups is 1. The van der Waals surface area contributed by atoms with E-state index in [1.54, 1.807) is 17.0 Å². The van der Waals surface area contributed by atoms with Crippen LogP contribution in [0.1, 0.15) is 30.5 Å². The van der Waals surface area contributed by atoms with Gasteiger partial charge in [0.2, 0.25) is 0 Å². The highest BCUT2D eigenvalue weighted by molar-refractivity contribution is 8.19. The highest BCUT2D eigenvalue weighted by Gasteiger charge is 2.34. The molecule has 5 rings (SSSR count). The molecule has 42 heavy (non-hydrogen) atoms. The highest BCUT2D eigenvalue weighted by atomic mass is 32.2. The van der Waals surface area contributed by atoms with E-state index in [4.69, 9.17) is 9.73 Å². The Morgan fingerprint density at radius 3 is 2.12 bits per heavy atom. The van der Waals surface area contributed by atoms with Crippen LogP contribution < -0.4 is 15.0 Å². The molecule has 0 saturated carbocycles. The molecular formula is C34H30FN3O3S. The Kier molecular flexibility index (Phi) is 9.14. The maximum absolute atomic E-state index is 13.6. The molecule has 1 aliphatic heterocycles. The fraction of sp³-hybridized carbons (Fsp3) is 0.147. The van der Waals surface area contributed by atoms with Gasteiger partial charge in [-0.3, -0.25) is 14.5 Å². The maximum Gasteiger partial charge on any atom is 0.271 e. The normalized spacial score (nSPS) is 14.9. The van der Waals surface area contributed by atoms with E-state index in [1.165, 1.54) is 47.2 Å². The molecule has 0 atom stereocenters. The van der Waals surface area contributed by atoms with Gasteiger partial charge in [0.25, 0.3) is 11.8 Å². The van der Waals surface area contributed by atoms with Gasteiger partial charge >= 0.3 is 0 Å². The third kappa shape index (κ3) is 7.14. The lowest BCUT2D eigenvalue weighted by Gasteiger charge is -2.16. The first-order valence-corrected chi connectivity index (χ1v) is 14.5. The van der Waals surface area contributed by atoms with E-state index in [9.17, 15) is 14.0 Å². The van der Waals surface area contributed by atoms with Crippen LogP contribution in [-0.2, 0) is 22.4 Å². The van der Waals surface area contributed by atoms with Gasteiger partial charge in [0.05, 0.1) is 16.3 Å². The zero-order valence-electron chi connectivity index (χ0n) is 23.3. The van der Waals surface area contributed by atoms with E-state index in [1.807, 2.05) is 66.7 Å². The Bertz CT molecular complexity index is 1620. The minimum Gasteiger partial charge on any atom is -0.484 e. The Morgan fingerprint density at radius 2 is 1.50 bits per heavy atom. The number of ether oxygens (including phenoxy) is 1. The Balaban J connectivity index is 1.31. The molecule has 4 aromatic rings. The maximum atomic E-state index is 13.6. The van der Waals surface area contributed by atoms with Gasteiger partial charge in [-0.1, -0.05) is 50.2 Å². The largest absolute Gasteiger partial charge is 0.484 e. The lowest BCUT2D eigenvalue weighted by Crippen LogP contribution is -2.28. The number of hydrogen-bond acceptors (Lipinski definition) is 5. The van der Waals surface area contributed by atoms with Crippen molar-refractivity contribution in [2.75, 3.05) is 16.8 Å². The molecule has 1 N–H and O–H groups in total. The van der Waals surface area contributed by atoms with E-state index in [-0.39, 0.29) is 24.2 Å². The number of carbonyl (C=O) groups excluding carboxylic acids is 2. The van der Waals surface area contributed by atoms with Gasteiger partial charge in [0.15, 0.2) is 11.8 Å². The van der Waals surface area contributed by atoms with Crippen molar-refractivity contribution in [3.63, 3.8) is 0 Å². The van der Waals surface area contributed by atoms with Crippen molar-refractivity contribution in [1.82, 2.24) is 0 Å². The summed E-state index contributed by atoms with van der Waals surface area (Å²) in [5.41, 5.74) is 5.26. The fourth-order valence-corrected chi connectivity index (χ4v) is 5.27. The molecule has 8 heteroatoms. The summed E-state index contributed by atoms with van der Waals surface area (Å²) in [7, 11) is 0. The van der Waals surface area contributed by atoms with Crippen molar-refractivity contribution in [3.05, 3.63) is 124 Å². The molecule has 6 nitrogen and oxygen atoms in total. The van der Waals surface area contributed by atoms with Gasteiger partial charge in [-0.15, -0.1) is 0 Å². The molecule has 0 unspecified atom stereocenters. The number of aryl methyl sites for hydroxylation is 2. The summed E-state index contributed by atoms with van der Waals surface area (Å²) in [6.45, 7) is 4.01. The van der Waals surface area contributed by atoms with E-state index in [2.05, 4.69) is 19.2 Å². The average molecular weight is 580 g/mol. The van der Waals surface area contributed by atoms with Crippen LogP contribution in [0.5, 0.6) is 5.75 Å². The number of hydrogen-bond donors (Lipinski definition) is 1. The Labute approximate surface area is 248 Å². The predicted molar refractivity (Wildman–Crippen MR) is 169 cm³/mol. The van der Waals surface area contributed by atoms with Crippen molar-refractivity contribution < 1.29 is 18.7 Å². The molecule has 1 heterocycles. The van der Waals surface area contributed by atoms with Gasteiger partial charge in [0, 0.05) is 5.69 Å². The smallest absolute Gasteiger partial charge is 0.271 e. The topological polar surface area (TPSA) is 71.0 Å². The molecule has 4 aromatic carbocycles. The fourth-order valence-electron chi connectivity index (χ4n) is 4.26. The predicted octanol–water partition coefficient (Wildman–Crippen LogP) is 7.78. The summed E-state index contributed by atoms with van der Waals surface area (Å²) in [4.78, 5) is 32.9. The summed E-state index contributed by atoms with van der Waals surface area (Å²) >= 11 is 1.33. The number of aliphatic imine (C=N–C) groups is 1. The second kappa shape index (κ2) is 13.3. The number of amides is 2. The third-order valence-corrected chi connectivity index (χ3v) is 7.62. The number of rotatable bonds is 9. The van der Waals surface area contributed by atoms with Crippen LogP contribution in [0.15, 0.2) is 107 Å². The van der Waals surface area contributed by atoms with Crippen molar-refractivity contribution in [1.29, 1.82) is 0 Å². The molecule has 1 fully saturated rings. The monoisotopic (exact) mass is 579 g/mol. The van der Waals surface area contributed by atoms with Gasteiger partial charge < -0.3 is 10.1 Å². The van der Waals surface area contributed by atoms with Crippen LogP contribution in [0.2, 0.25) is 0 Å². The van der Waals surface area contributed by atoms with Crippen LogP contribution in [0.4, 0.5) is 21.5 Å². The van der Waals surface area contributed by atoms with Crippen LogP contribution in [0.25, 0.3) is 6.08 Å². The molecule has 0 spiro atoms. The number of benzene rings is 4. The second-order valence-electron chi connectivity index (χ2n) is 9.60. The molecule has 1 aliphatic rings. The van der Waals surface area contributed by atoms with Gasteiger partial charge in [-0.2, -0.15) is 0 Å². The molecule has 212 valence electrons. The first-order chi connectivity index (χ1) is 20.4. The van der Waals surface area contributed by atoms with Crippen LogP contribution in [0.3, 0.4) is 0 Å². The Hall–Kier alpha value is -4.69. The van der Waals surface area contributed by atoms with E-state index < -0.39 is 0 Å². The summed E-state index contributed by atoms with van der Waals surface area (Å²) in [5, 5.41) is 3.25. The SMILES string of the molecule is CCc1ccc(N=C2S/C(=C\c3ccc(OCC(=O)Nc4ccc(F)cc4)cc3)C(=O)N2c2ccc(CC)cc2)cc1. The zero-order valence-corrected chi connectivity index (χ0v) is 24.2. The molecule has 1 saturated heterocycles. The van der Waals surface area contributed by atoms with Crippen LogP contribution in [0, 0.1) is 5.82 Å². The summed E-state index contributed by atoms with van der Waals surface area (Å²) in [5.74, 6) is -0.372. The number of nitrogens with one attached hydrogen (secondary N) is 1. The van der Waals surface area contributed by atoms with Gasteiger partial charge in [0.1, 0.15) is 11.6 Å². The molecular weight excluding hydrogens is 549 g/mol. The standard InChI is InChI=1S/C34H30FN3O3S/c1-3-23-5-13-28(14-6-23)37-34-38(29-17-7-24(4-2)8-18-29)33(40)31(42-34)21-25-9-19-30(20-10-25)41-22-32(39)36-27-15-11-26(35)12-16-27/h5-21H,3-4,22H2,1-2H3,(H,36,39)/b31-21-,37-34?. The van der Waals surface area contributed by atoms with E-state index in [0.717, 1.165) is 29.8 Å². The van der Waals surface area contributed by atoms with E-state index >= 15 is 0 Å². The number of carbonyl (C=O) groups is 2. The zero-order chi connectivity index (χ0) is 29.5. The van der Waals surface area contributed by atoms with Crippen molar-refractivity contribution in [3.8, 4) is 5.75 Å². The number of amidine groups is 1. The molecule has 2 amide bonds. The van der Waals surface area contributed by atoms with Crippen LogP contribution in [-0.4, -0.2) is 23.6 Å². The highest BCUT2D eigenvalue weighted by Crippen LogP contribution is 2.37. The lowest BCUT2D eigenvalue weighted by atomic mass is 10.1.